The van der Waals surface area contributed by atoms with Crippen molar-refractivity contribution in [1.29, 1.82) is 0 Å². The smallest absolute Gasteiger partial charge is 0.0489 e. The highest BCUT2D eigenvalue weighted by Crippen LogP contribution is 2.20. The Morgan fingerprint density at radius 3 is 2.53 bits per heavy atom. The van der Waals surface area contributed by atoms with Crippen LogP contribution in [0.15, 0.2) is 0 Å². The van der Waals surface area contributed by atoms with Gasteiger partial charge in [0.15, 0.2) is 0 Å². The van der Waals surface area contributed by atoms with Gasteiger partial charge in [0.25, 0.3) is 0 Å². The lowest BCUT2D eigenvalue weighted by atomic mass is 9.93. The average Bonchev–Trinajstić information content (AvgIpc) is 2.26. The lowest BCUT2D eigenvalue weighted by Gasteiger charge is -2.46. The van der Waals surface area contributed by atoms with Gasteiger partial charge in [-0.25, -0.2) is 0 Å². The zero-order valence-electron chi connectivity index (χ0n) is 13.8. The summed E-state index contributed by atoms with van der Waals surface area (Å²) in [6, 6.07) is 0.665. The molecule has 0 aromatic heterocycles. The van der Waals surface area contributed by atoms with Crippen molar-refractivity contribution >= 4 is 0 Å². The highest BCUT2D eigenvalue weighted by molar-refractivity contribution is 4.93. The van der Waals surface area contributed by atoms with Crippen molar-refractivity contribution in [2.24, 2.45) is 11.8 Å². The summed E-state index contributed by atoms with van der Waals surface area (Å²) in [5.41, 5.74) is 0.240. The fourth-order valence-electron chi connectivity index (χ4n) is 2.78. The fourth-order valence-corrected chi connectivity index (χ4v) is 2.78. The molecule has 0 saturated carbocycles. The van der Waals surface area contributed by atoms with E-state index in [2.05, 4.69) is 51.8 Å². The van der Waals surface area contributed by atoms with Gasteiger partial charge in [0.2, 0.25) is 0 Å². The summed E-state index contributed by atoms with van der Waals surface area (Å²) in [5, 5.41) is 3.66. The zero-order valence-corrected chi connectivity index (χ0v) is 13.8. The highest BCUT2D eigenvalue weighted by atomic mass is 16.5. The van der Waals surface area contributed by atoms with Gasteiger partial charge >= 0.3 is 0 Å². The van der Waals surface area contributed by atoms with Crippen LogP contribution in [0.4, 0.5) is 0 Å². The van der Waals surface area contributed by atoms with Gasteiger partial charge in [-0.15, -0.1) is 0 Å². The largest absolute Gasteiger partial charge is 0.381 e. The van der Waals surface area contributed by atoms with Gasteiger partial charge in [0.1, 0.15) is 0 Å². The molecule has 0 amide bonds. The maximum Gasteiger partial charge on any atom is 0.0489 e. The molecule has 1 saturated heterocycles. The summed E-state index contributed by atoms with van der Waals surface area (Å²) in [7, 11) is 0. The van der Waals surface area contributed by atoms with E-state index in [4.69, 9.17) is 4.74 Å². The monoisotopic (exact) mass is 270 g/mol. The van der Waals surface area contributed by atoms with Crippen LogP contribution in [-0.4, -0.2) is 49.3 Å². The molecule has 1 heterocycles. The van der Waals surface area contributed by atoms with Gasteiger partial charge in [-0.05, 0) is 32.1 Å². The van der Waals surface area contributed by atoms with Gasteiger partial charge in [0, 0.05) is 44.4 Å². The third-order valence-corrected chi connectivity index (χ3v) is 3.81. The Hall–Kier alpha value is -0.120. The molecule has 1 aliphatic rings. The first-order valence-electron chi connectivity index (χ1n) is 7.88. The number of ether oxygens (including phenoxy) is 1. The lowest BCUT2D eigenvalue weighted by Crippen LogP contribution is -2.63. The van der Waals surface area contributed by atoms with Crippen LogP contribution < -0.4 is 5.32 Å². The summed E-state index contributed by atoms with van der Waals surface area (Å²) in [6.07, 6.45) is 1.14. The first-order chi connectivity index (χ1) is 8.82. The number of piperazine rings is 1. The van der Waals surface area contributed by atoms with Gasteiger partial charge < -0.3 is 10.1 Å². The van der Waals surface area contributed by atoms with Gasteiger partial charge in [-0.3, -0.25) is 4.90 Å². The van der Waals surface area contributed by atoms with Crippen LogP contribution in [0, 0.1) is 11.8 Å². The molecule has 1 atom stereocenters. The van der Waals surface area contributed by atoms with Gasteiger partial charge in [-0.1, -0.05) is 27.7 Å². The number of hydrogen-bond donors (Lipinski definition) is 1. The Bertz CT molecular complexity index is 251. The summed E-state index contributed by atoms with van der Waals surface area (Å²) in [4.78, 5) is 2.65. The van der Waals surface area contributed by atoms with Crippen LogP contribution in [0.5, 0.6) is 0 Å². The van der Waals surface area contributed by atoms with Crippen LogP contribution >= 0.6 is 0 Å². The van der Waals surface area contributed by atoms with E-state index in [-0.39, 0.29) is 5.54 Å². The minimum atomic E-state index is 0.240. The van der Waals surface area contributed by atoms with E-state index in [0.29, 0.717) is 17.9 Å². The van der Waals surface area contributed by atoms with Crippen LogP contribution in [0.1, 0.15) is 48.0 Å². The molecule has 1 rings (SSSR count). The van der Waals surface area contributed by atoms with Crippen LogP contribution in [-0.2, 0) is 4.74 Å². The SMILES string of the molecule is CC(C)COCCCN1CC(C)(C)NCC1C(C)C. The number of rotatable bonds is 7. The van der Waals surface area contributed by atoms with Crippen LogP contribution in [0.25, 0.3) is 0 Å². The van der Waals surface area contributed by atoms with E-state index in [1.54, 1.807) is 0 Å². The van der Waals surface area contributed by atoms with E-state index in [9.17, 15) is 0 Å². The summed E-state index contributed by atoms with van der Waals surface area (Å²) in [6.45, 7) is 18.8. The molecule has 0 radical (unpaired) electrons. The van der Waals surface area contributed by atoms with Crippen molar-refractivity contribution < 1.29 is 4.74 Å². The Morgan fingerprint density at radius 1 is 1.26 bits per heavy atom. The first-order valence-corrected chi connectivity index (χ1v) is 7.88. The molecule has 1 fully saturated rings. The Labute approximate surface area is 120 Å². The summed E-state index contributed by atoms with van der Waals surface area (Å²) >= 11 is 0. The molecule has 0 aromatic carbocycles. The summed E-state index contributed by atoms with van der Waals surface area (Å²) in [5.74, 6) is 1.35. The van der Waals surface area contributed by atoms with Crippen LogP contribution in [0.2, 0.25) is 0 Å². The van der Waals surface area contributed by atoms with Crippen molar-refractivity contribution in [1.82, 2.24) is 10.2 Å². The Balaban J connectivity index is 2.34. The van der Waals surface area contributed by atoms with Gasteiger partial charge in [0.05, 0.1) is 0 Å². The first kappa shape index (κ1) is 16.9. The fraction of sp³-hybridized carbons (Fsp3) is 1.00. The molecule has 1 unspecified atom stereocenters. The second-order valence-corrected chi connectivity index (χ2v) is 7.37. The molecule has 19 heavy (non-hydrogen) atoms. The number of hydrogen-bond acceptors (Lipinski definition) is 3. The predicted octanol–water partition coefficient (Wildman–Crippen LogP) is 2.76. The van der Waals surface area contributed by atoms with Crippen molar-refractivity contribution in [3.63, 3.8) is 0 Å². The van der Waals surface area contributed by atoms with Crippen LogP contribution in [0.3, 0.4) is 0 Å². The molecule has 3 nitrogen and oxygen atoms in total. The zero-order chi connectivity index (χ0) is 14.5. The normalized spacial score (nSPS) is 24.3. The van der Waals surface area contributed by atoms with Crippen molar-refractivity contribution in [2.75, 3.05) is 32.8 Å². The van der Waals surface area contributed by atoms with E-state index in [0.717, 1.165) is 39.3 Å². The molecule has 3 heteroatoms. The average molecular weight is 270 g/mol. The van der Waals surface area contributed by atoms with E-state index in [1.807, 2.05) is 0 Å². The highest BCUT2D eigenvalue weighted by Gasteiger charge is 2.33. The standard InChI is InChI=1S/C16H34N2O/c1-13(2)11-19-9-7-8-18-12-16(5,6)17-10-15(18)14(3)4/h13-15,17H,7-12H2,1-6H3. The maximum atomic E-state index is 5.69. The second-order valence-electron chi connectivity index (χ2n) is 7.37. The van der Waals surface area contributed by atoms with E-state index < -0.39 is 0 Å². The maximum absolute atomic E-state index is 5.69. The Kier molecular flexibility index (Phi) is 6.78. The molecule has 1 N–H and O–H groups in total. The van der Waals surface area contributed by atoms with E-state index >= 15 is 0 Å². The number of nitrogens with zero attached hydrogens (tertiary/aromatic N) is 1. The van der Waals surface area contributed by atoms with Gasteiger partial charge in [-0.2, -0.15) is 0 Å². The lowest BCUT2D eigenvalue weighted by molar-refractivity contribution is 0.0507. The van der Waals surface area contributed by atoms with Crippen molar-refractivity contribution in [3.05, 3.63) is 0 Å². The second kappa shape index (κ2) is 7.61. The van der Waals surface area contributed by atoms with E-state index in [1.165, 1.54) is 0 Å². The molecule has 0 spiro atoms. The minimum absolute atomic E-state index is 0.240. The number of nitrogens with one attached hydrogen (secondary N) is 1. The molecule has 0 bridgehead atoms. The Morgan fingerprint density at radius 2 is 1.95 bits per heavy atom. The topological polar surface area (TPSA) is 24.5 Å². The quantitative estimate of drug-likeness (QED) is 0.720. The molecule has 0 aliphatic carbocycles. The molecule has 114 valence electrons. The van der Waals surface area contributed by atoms with Crippen molar-refractivity contribution in [2.45, 2.75) is 59.5 Å². The molecule has 1 aliphatic heterocycles. The predicted molar refractivity (Wildman–Crippen MR) is 82.6 cm³/mol. The van der Waals surface area contributed by atoms with Crippen molar-refractivity contribution in [3.8, 4) is 0 Å². The minimum Gasteiger partial charge on any atom is -0.381 e. The summed E-state index contributed by atoms with van der Waals surface area (Å²) < 4.78 is 5.69. The molecular formula is C16H34N2O. The molecular weight excluding hydrogens is 236 g/mol. The third-order valence-electron chi connectivity index (χ3n) is 3.81. The molecule has 0 aromatic rings. The third kappa shape index (κ3) is 6.24.